The molecular formula is C14H10FIN2OS. The van der Waals surface area contributed by atoms with Crippen molar-refractivity contribution in [3.05, 3.63) is 63.5 Å². The van der Waals surface area contributed by atoms with Gasteiger partial charge in [-0.1, -0.05) is 12.1 Å². The van der Waals surface area contributed by atoms with Crippen LogP contribution in [0.25, 0.3) is 0 Å². The maximum absolute atomic E-state index is 13.0. The van der Waals surface area contributed by atoms with E-state index in [1.165, 1.54) is 12.1 Å². The first-order valence-electron chi connectivity index (χ1n) is 5.68. The molecule has 0 heterocycles. The average Bonchev–Trinajstić information content (AvgIpc) is 2.38. The maximum Gasteiger partial charge on any atom is 0.257 e. The van der Waals surface area contributed by atoms with Gasteiger partial charge in [0.25, 0.3) is 5.91 Å². The summed E-state index contributed by atoms with van der Waals surface area (Å²) < 4.78 is 14.0. The molecule has 2 aromatic rings. The van der Waals surface area contributed by atoms with Gasteiger partial charge in [0.1, 0.15) is 5.82 Å². The van der Waals surface area contributed by atoms with Crippen LogP contribution in [-0.2, 0) is 0 Å². The van der Waals surface area contributed by atoms with Crippen molar-refractivity contribution in [2.24, 2.45) is 0 Å². The summed E-state index contributed by atoms with van der Waals surface area (Å²) in [5.41, 5.74) is 0.998. The van der Waals surface area contributed by atoms with Crippen LogP contribution in [0.5, 0.6) is 0 Å². The summed E-state index contributed by atoms with van der Waals surface area (Å²) in [6.45, 7) is 0. The zero-order chi connectivity index (χ0) is 14.5. The molecule has 2 N–H and O–H groups in total. The predicted octanol–water partition coefficient (Wildman–Crippen LogP) is 3.56. The van der Waals surface area contributed by atoms with Gasteiger partial charge in [-0.25, -0.2) is 4.39 Å². The van der Waals surface area contributed by atoms with E-state index in [1.54, 1.807) is 30.3 Å². The first-order chi connectivity index (χ1) is 9.54. The quantitative estimate of drug-likeness (QED) is 0.599. The smallest absolute Gasteiger partial charge is 0.257 e. The Morgan fingerprint density at radius 2 is 1.90 bits per heavy atom. The molecule has 0 aromatic heterocycles. The highest BCUT2D eigenvalue weighted by Gasteiger charge is 2.08. The van der Waals surface area contributed by atoms with Gasteiger partial charge in [0.15, 0.2) is 5.11 Å². The Balaban J connectivity index is 1.99. The molecule has 0 atom stereocenters. The minimum absolute atomic E-state index is 0.125. The lowest BCUT2D eigenvalue weighted by Crippen LogP contribution is -2.34. The highest BCUT2D eigenvalue weighted by molar-refractivity contribution is 14.1. The molecule has 1 amide bonds. The average molecular weight is 400 g/mol. The molecule has 0 saturated carbocycles. The van der Waals surface area contributed by atoms with Gasteiger partial charge in [0.2, 0.25) is 0 Å². The van der Waals surface area contributed by atoms with Gasteiger partial charge in [-0.2, -0.15) is 0 Å². The highest BCUT2D eigenvalue weighted by Crippen LogP contribution is 2.10. The fourth-order valence-electron chi connectivity index (χ4n) is 1.53. The molecule has 0 spiro atoms. The second kappa shape index (κ2) is 6.76. The third-order valence-electron chi connectivity index (χ3n) is 2.40. The Labute approximate surface area is 134 Å². The van der Waals surface area contributed by atoms with E-state index >= 15 is 0 Å². The summed E-state index contributed by atoms with van der Waals surface area (Å²) in [5, 5.41) is 5.43. The molecule has 6 heteroatoms. The van der Waals surface area contributed by atoms with Gasteiger partial charge < -0.3 is 5.32 Å². The number of carbonyl (C=O) groups excluding carboxylic acids is 1. The predicted molar refractivity (Wildman–Crippen MR) is 89.2 cm³/mol. The van der Waals surface area contributed by atoms with Crippen LogP contribution in [0.2, 0.25) is 0 Å². The topological polar surface area (TPSA) is 41.1 Å². The van der Waals surface area contributed by atoms with Crippen molar-refractivity contribution in [2.75, 3.05) is 5.32 Å². The van der Waals surface area contributed by atoms with Crippen molar-refractivity contribution in [3.8, 4) is 0 Å². The molecule has 0 aliphatic heterocycles. The minimum atomic E-state index is -0.373. The Kier molecular flexibility index (Phi) is 5.02. The van der Waals surface area contributed by atoms with Crippen LogP contribution in [0.3, 0.4) is 0 Å². The second-order valence-electron chi connectivity index (χ2n) is 3.93. The van der Waals surface area contributed by atoms with E-state index in [-0.39, 0.29) is 16.8 Å². The normalized spacial score (nSPS) is 9.90. The van der Waals surface area contributed by atoms with Gasteiger partial charge in [-0.3, -0.25) is 10.1 Å². The number of amides is 1. The standard InChI is InChI=1S/C14H10FIN2OS/c15-10-4-2-6-12(8-10)17-14(20)18-13(19)9-3-1-5-11(16)7-9/h1-8H,(H2,17,18,19,20). The zero-order valence-corrected chi connectivity index (χ0v) is 13.2. The number of anilines is 1. The van der Waals surface area contributed by atoms with E-state index < -0.39 is 0 Å². The second-order valence-corrected chi connectivity index (χ2v) is 5.58. The largest absolute Gasteiger partial charge is 0.332 e. The summed E-state index contributed by atoms with van der Waals surface area (Å²) in [6, 6.07) is 13.0. The van der Waals surface area contributed by atoms with Crippen molar-refractivity contribution in [3.63, 3.8) is 0 Å². The van der Waals surface area contributed by atoms with Crippen LogP contribution in [0.15, 0.2) is 48.5 Å². The van der Waals surface area contributed by atoms with E-state index in [2.05, 4.69) is 33.2 Å². The van der Waals surface area contributed by atoms with Crippen molar-refractivity contribution >= 4 is 51.5 Å². The number of benzene rings is 2. The summed E-state index contributed by atoms with van der Waals surface area (Å²) in [6.07, 6.45) is 0. The summed E-state index contributed by atoms with van der Waals surface area (Å²) in [5.74, 6) is -0.681. The molecule has 0 radical (unpaired) electrons. The summed E-state index contributed by atoms with van der Waals surface area (Å²) >= 11 is 7.15. The molecular weight excluding hydrogens is 390 g/mol. The van der Waals surface area contributed by atoms with Crippen LogP contribution in [-0.4, -0.2) is 11.0 Å². The first-order valence-corrected chi connectivity index (χ1v) is 7.17. The molecule has 0 fully saturated rings. The molecule has 0 unspecified atom stereocenters. The number of halogens is 2. The van der Waals surface area contributed by atoms with E-state index in [9.17, 15) is 9.18 Å². The molecule has 20 heavy (non-hydrogen) atoms. The SMILES string of the molecule is O=C(NC(=S)Nc1cccc(F)c1)c1cccc(I)c1. The molecule has 3 nitrogen and oxygen atoms in total. The Morgan fingerprint density at radius 3 is 2.60 bits per heavy atom. The van der Waals surface area contributed by atoms with Crippen molar-refractivity contribution in [1.29, 1.82) is 0 Å². The summed E-state index contributed by atoms with van der Waals surface area (Å²) in [7, 11) is 0. The lowest BCUT2D eigenvalue weighted by Gasteiger charge is -2.09. The number of carbonyl (C=O) groups is 1. The third kappa shape index (κ3) is 4.24. The zero-order valence-electron chi connectivity index (χ0n) is 10.2. The minimum Gasteiger partial charge on any atom is -0.332 e. The fourth-order valence-corrected chi connectivity index (χ4v) is 2.29. The van der Waals surface area contributed by atoms with Crippen LogP contribution >= 0.6 is 34.8 Å². The monoisotopic (exact) mass is 400 g/mol. The number of nitrogens with one attached hydrogen (secondary N) is 2. The first kappa shape index (κ1) is 14.9. The van der Waals surface area contributed by atoms with E-state index in [0.29, 0.717) is 11.3 Å². The molecule has 0 bridgehead atoms. The van der Waals surface area contributed by atoms with E-state index in [1.807, 2.05) is 6.07 Å². The Morgan fingerprint density at radius 1 is 1.15 bits per heavy atom. The Bertz CT molecular complexity index is 663. The number of hydrogen-bond acceptors (Lipinski definition) is 2. The Hall–Kier alpha value is -1.54. The van der Waals surface area contributed by atoms with E-state index in [0.717, 1.165) is 3.57 Å². The number of rotatable bonds is 2. The highest BCUT2D eigenvalue weighted by atomic mass is 127. The molecule has 0 aliphatic rings. The fraction of sp³-hybridized carbons (Fsp3) is 0. The van der Waals surface area contributed by atoms with Gasteiger partial charge >= 0.3 is 0 Å². The van der Waals surface area contributed by atoms with Gasteiger partial charge in [-0.05, 0) is 71.2 Å². The van der Waals surface area contributed by atoms with Crippen LogP contribution in [0, 0.1) is 9.39 Å². The van der Waals surface area contributed by atoms with Crippen LogP contribution in [0.4, 0.5) is 10.1 Å². The van der Waals surface area contributed by atoms with E-state index in [4.69, 9.17) is 12.2 Å². The molecule has 0 saturated heterocycles. The molecule has 2 aromatic carbocycles. The van der Waals surface area contributed by atoms with Crippen molar-refractivity contribution < 1.29 is 9.18 Å². The van der Waals surface area contributed by atoms with Gasteiger partial charge in [0.05, 0.1) is 0 Å². The van der Waals surface area contributed by atoms with Crippen molar-refractivity contribution in [2.45, 2.75) is 0 Å². The van der Waals surface area contributed by atoms with Crippen LogP contribution in [0.1, 0.15) is 10.4 Å². The molecule has 102 valence electrons. The maximum atomic E-state index is 13.0. The van der Waals surface area contributed by atoms with Crippen molar-refractivity contribution in [1.82, 2.24) is 5.32 Å². The lowest BCUT2D eigenvalue weighted by atomic mass is 10.2. The lowest BCUT2D eigenvalue weighted by molar-refractivity contribution is 0.0977. The molecule has 0 aliphatic carbocycles. The molecule has 2 rings (SSSR count). The number of thiocarbonyl (C=S) groups is 1. The number of hydrogen-bond donors (Lipinski definition) is 2. The third-order valence-corrected chi connectivity index (χ3v) is 3.27. The van der Waals surface area contributed by atoms with Gasteiger partial charge in [0, 0.05) is 14.8 Å². The summed E-state index contributed by atoms with van der Waals surface area (Å²) in [4.78, 5) is 11.9. The van der Waals surface area contributed by atoms with Crippen LogP contribution < -0.4 is 10.6 Å². The van der Waals surface area contributed by atoms with Gasteiger partial charge in [-0.15, -0.1) is 0 Å².